The first-order valence-corrected chi connectivity index (χ1v) is 19.3. The van der Waals surface area contributed by atoms with Crippen LogP contribution in [0.3, 0.4) is 0 Å². The van der Waals surface area contributed by atoms with Gasteiger partial charge in [0.15, 0.2) is 5.42 Å². The molecule has 55 heavy (non-hydrogen) atoms. The minimum atomic E-state index is 0.734. The lowest BCUT2D eigenvalue weighted by Crippen LogP contribution is -2.22. The van der Waals surface area contributed by atoms with Crippen LogP contribution in [0, 0.1) is 0 Å². The summed E-state index contributed by atoms with van der Waals surface area (Å²) >= 11 is 0. The second-order valence-corrected chi connectivity index (χ2v) is 14.6. The number of furan rings is 1. The van der Waals surface area contributed by atoms with E-state index in [9.17, 15) is 0 Å². The maximum Gasteiger partial charge on any atom is 0.160 e. The van der Waals surface area contributed by atoms with Gasteiger partial charge in [0.2, 0.25) is 0 Å². The van der Waals surface area contributed by atoms with Gasteiger partial charge >= 0.3 is 0 Å². The average molecular weight is 709 g/mol. The van der Waals surface area contributed by atoms with E-state index in [1.807, 2.05) is 6.07 Å². The monoisotopic (exact) mass is 708 g/mol. The third-order valence-electron chi connectivity index (χ3n) is 11.3. The number of hydrogen-bond donors (Lipinski definition) is 0. The Morgan fingerprint density at radius 2 is 1.47 bits per heavy atom. The van der Waals surface area contributed by atoms with E-state index in [1.165, 1.54) is 49.7 Å². The van der Waals surface area contributed by atoms with Crippen LogP contribution in [0.1, 0.15) is 43.0 Å². The molecule has 2 aliphatic rings. The molecule has 264 valence electrons. The van der Waals surface area contributed by atoms with Crippen LogP contribution in [0.2, 0.25) is 0 Å². The van der Waals surface area contributed by atoms with Crippen LogP contribution < -0.4 is 10.6 Å². The van der Waals surface area contributed by atoms with E-state index >= 15 is 0 Å². The van der Waals surface area contributed by atoms with E-state index in [4.69, 9.17) is 9.41 Å². The van der Waals surface area contributed by atoms with Gasteiger partial charge in [-0.25, -0.2) is 4.99 Å². The summed E-state index contributed by atoms with van der Waals surface area (Å²) in [4.78, 5) is 5.22. The highest BCUT2D eigenvalue weighted by molar-refractivity contribution is 6.02. The Morgan fingerprint density at radius 3 is 2.31 bits per heavy atom. The first-order chi connectivity index (χ1) is 27.1. The van der Waals surface area contributed by atoms with Crippen molar-refractivity contribution in [2.45, 2.75) is 32.6 Å². The number of aromatic nitrogens is 1. The van der Waals surface area contributed by atoms with E-state index < -0.39 is 0 Å². The molecule has 0 aliphatic heterocycles. The molecule has 0 bridgehead atoms. The third kappa shape index (κ3) is 5.80. The molecule has 2 aliphatic carbocycles. The van der Waals surface area contributed by atoms with Crippen LogP contribution in [0.15, 0.2) is 173 Å². The Hall–Kier alpha value is -6.71. The molecule has 3 nitrogen and oxygen atoms in total. The Labute approximate surface area is 320 Å². The standard InChI is InChI=1S/C52H40N2O/c1-34-44-22-14-23-45(52(44)55-51(34)50(38-19-10-5-11-20-38)53-35(2)36-15-6-3-7-16-36)42-26-25-40-32-43(29-27-39(40)31-42)54-48-24-13-12-21-46(48)47-33-41(28-30-49(47)54)37-17-8-4-9-18-37/h3-10,12,14-19,21-23,25-33H,1,11,13,20,24H2,2H3/b51-50+,53-35?. The van der Waals surface area contributed by atoms with E-state index in [0.717, 1.165) is 81.0 Å². The number of fused-ring (bicyclic) bond motifs is 5. The van der Waals surface area contributed by atoms with Crippen LogP contribution in [-0.2, 0) is 6.42 Å². The van der Waals surface area contributed by atoms with E-state index in [-0.39, 0.29) is 0 Å². The smallest absolute Gasteiger partial charge is 0.160 e. The van der Waals surface area contributed by atoms with E-state index in [0.29, 0.717) is 0 Å². The summed E-state index contributed by atoms with van der Waals surface area (Å²) in [5, 5.41) is 5.56. The molecule has 0 atom stereocenters. The topological polar surface area (TPSA) is 30.4 Å². The maximum atomic E-state index is 6.87. The van der Waals surface area contributed by atoms with Crippen LogP contribution in [0.25, 0.3) is 78.9 Å². The lowest BCUT2D eigenvalue weighted by molar-refractivity contribution is 0.572. The van der Waals surface area contributed by atoms with E-state index in [1.54, 1.807) is 0 Å². The molecular formula is C52H40N2O. The molecule has 0 spiro atoms. The molecule has 0 amide bonds. The molecule has 0 saturated heterocycles. The number of allylic oxidation sites excluding steroid dienone is 4. The normalized spacial score (nSPS) is 14.8. The Morgan fingerprint density at radius 1 is 0.691 bits per heavy atom. The van der Waals surface area contributed by atoms with Crippen LogP contribution in [-0.4, -0.2) is 10.3 Å². The lowest BCUT2D eigenvalue weighted by Gasteiger charge is -2.14. The molecule has 2 aromatic heterocycles. The van der Waals surface area contributed by atoms with Gasteiger partial charge in [-0.05, 0) is 102 Å². The second-order valence-electron chi connectivity index (χ2n) is 14.6. The highest BCUT2D eigenvalue weighted by atomic mass is 16.3. The van der Waals surface area contributed by atoms with Crippen molar-refractivity contribution in [1.29, 1.82) is 0 Å². The van der Waals surface area contributed by atoms with Crippen LogP contribution in [0.4, 0.5) is 0 Å². The van der Waals surface area contributed by atoms with Gasteiger partial charge < -0.3 is 8.98 Å². The second kappa shape index (κ2) is 13.6. The first-order valence-electron chi connectivity index (χ1n) is 19.3. The fourth-order valence-electron chi connectivity index (χ4n) is 8.44. The molecule has 8 aromatic rings. The van der Waals surface area contributed by atoms with Crippen molar-refractivity contribution in [2.24, 2.45) is 4.99 Å². The molecule has 0 N–H and O–H groups in total. The van der Waals surface area contributed by atoms with Crippen molar-refractivity contribution in [2.75, 3.05) is 0 Å². The van der Waals surface area contributed by atoms with Gasteiger partial charge in [-0.1, -0.05) is 140 Å². The van der Waals surface area contributed by atoms with Gasteiger partial charge in [-0.15, -0.1) is 0 Å². The minimum absolute atomic E-state index is 0.734. The highest BCUT2D eigenvalue weighted by Gasteiger charge is 2.20. The van der Waals surface area contributed by atoms with Crippen molar-refractivity contribution in [3.05, 3.63) is 191 Å². The maximum absolute atomic E-state index is 6.87. The minimum Gasteiger partial charge on any atom is -0.453 e. The number of aliphatic imine (C=N–C) groups is 1. The lowest BCUT2D eigenvalue weighted by atomic mass is 9.99. The van der Waals surface area contributed by atoms with Gasteiger partial charge in [0.1, 0.15) is 11.3 Å². The highest BCUT2D eigenvalue weighted by Crippen LogP contribution is 2.38. The molecule has 3 heteroatoms. The molecule has 0 unspecified atom stereocenters. The van der Waals surface area contributed by atoms with Crippen LogP contribution >= 0.6 is 0 Å². The molecule has 10 rings (SSSR count). The van der Waals surface area contributed by atoms with Gasteiger partial charge in [0.05, 0.1) is 5.52 Å². The summed E-state index contributed by atoms with van der Waals surface area (Å²) in [6, 6.07) is 47.9. The van der Waals surface area contributed by atoms with Crippen molar-refractivity contribution in [3.63, 3.8) is 0 Å². The zero-order valence-electron chi connectivity index (χ0n) is 30.9. The summed E-state index contributed by atoms with van der Waals surface area (Å²) in [5.74, 6) is 0. The SMILES string of the molecule is C=c1/c(=C(\N=C(C)c2ccccc2)C2=CC=CCC2)oc2c(-c3ccc4cc(-n5c6c(c7cc(-c8ccccc8)ccc75)C=CCC6)ccc4c3)cccc12. The molecular weight excluding hydrogens is 669 g/mol. The van der Waals surface area contributed by atoms with Gasteiger partial charge in [0.25, 0.3) is 0 Å². The number of benzene rings is 6. The number of rotatable bonds is 6. The van der Waals surface area contributed by atoms with Gasteiger partial charge in [0, 0.05) is 44.2 Å². The van der Waals surface area contributed by atoms with Crippen LogP contribution in [0.5, 0.6) is 0 Å². The average Bonchev–Trinajstić information content (AvgIpc) is 3.77. The Bertz CT molecular complexity index is 3040. The summed E-state index contributed by atoms with van der Waals surface area (Å²) in [5.41, 5.74) is 15.4. The number of para-hydroxylation sites is 1. The predicted molar refractivity (Wildman–Crippen MR) is 232 cm³/mol. The quantitative estimate of drug-likeness (QED) is 0.158. The summed E-state index contributed by atoms with van der Waals surface area (Å²) in [7, 11) is 0. The van der Waals surface area contributed by atoms with Gasteiger partial charge in [-0.2, -0.15) is 0 Å². The number of hydrogen-bond acceptors (Lipinski definition) is 2. The van der Waals surface area contributed by atoms with Crippen molar-refractivity contribution in [1.82, 2.24) is 4.57 Å². The van der Waals surface area contributed by atoms with Crippen molar-refractivity contribution < 1.29 is 4.42 Å². The number of nitrogens with zero attached hydrogens (tertiary/aromatic N) is 2. The Kier molecular flexibility index (Phi) is 8.14. The van der Waals surface area contributed by atoms with Gasteiger partial charge in [-0.3, -0.25) is 0 Å². The predicted octanol–water partition coefficient (Wildman–Crippen LogP) is 12.1. The first kappa shape index (κ1) is 32.9. The fourth-order valence-corrected chi connectivity index (χ4v) is 8.44. The molecule has 6 aromatic carbocycles. The summed E-state index contributed by atoms with van der Waals surface area (Å²) in [6.45, 7) is 6.63. The van der Waals surface area contributed by atoms with E-state index in [2.05, 4.69) is 176 Å². The zero-order valence-corrected chi connectivity index (χ0v) is 30.9. The molecule has 0 radical (unpaired) electrons. The molecule has 0 saturated carbocycles. The van der Waals surface area contributed by atoms with Crippen molar-refractivity contribution >= 4 is 56.7 Å². The fraction of sp³-hybridized carbons (Fsp3) is 0.0962. The summed E-state index contributed by atoms with van der Waals surface area (Å²) < 4.78 is 9.34. The summed E-state index contributed by atoms with van der Waals surface area (Å²) in [6.07, 6.45) is 15.1. The third-order valence-corrected chi connectivity index (χ3v) is 11.3. The van der Waals surface area contributed by atoms with Crippen molar-refractivity contribution in [3.8, 4) is 27.9 Å². The Balaban J connectivity index is 1.08. The molecule has 2 heterocycles. The zero-order chi connectivity index (χ0) is 36.9. The largest absolute Gasteiger partial charge is 0.453 e. The molecule has 0 fully saturated rings.